The highest BCUT2D eigenvalue weighted by Crippen LogP contribution is 2.16. The number of carbonyl (C=O) groups excluding carboxylic acids is 1. The van der Waals surface area contributed by atoms with Crippen LogP contribution in [0.15, 0.2) is 48.8 Å². The number of rotatable bonds is 6. The van der Waals surface area contributed by atoms with Crippen LogP contribution in [0, 0.1) is 4.77 Å². The van der Waals surface area contributed by atoms with E-state index in [4.69, 9.17) is 17.0 Å². The molecule has 0 bridgehead atoms. The largest absolute Gasteiger partial charge is 0.497 e. The van der Waals surface area contributed by atoms with Crippen molar-refractivity contribution in [1.29, 1.82) is 0 Å². The lowest BCUT2D eigenvalue weighted by molar-refractivity contribution is -0.116. The molecule has 0 radical (unpaired) electrons. The maximum atomic E-state index is 12.4. The molecule has 0 saturated heterocycles. The number of methoxy groups -OCH3 is 1. The first-order valence-corrected chi connectivity index (χ1v) is 8.29. The predicted octanol–water partition coefficient (Wildman–Crippen LogP) is 2.74. The van der Waals surface area contributed by atoms with Crippen molar-refractivity contribution < 1.29 is 9.53 Å². The van der Waals surface area contributed by atoms with Crippen LogP contribution in [-0.2, 0) is 17.8 Å². The van der Waals surface area contributed by atoms with Crippen LogP contribution < -0.4 is 10.1 Å². The first kappa shape index (κ1) is 17.0. The number of ether oxygens (including phenoxy) is 1. The molecule has 3 rings (SSSR count). The average molecular weight is 357 g/mol. The van der Waals surface area contributed by atoms with Gasteiger partial charge in [-0.05, 0) is 36.5 Å². The monoisotopic (exact) mass is 357 g/mol. The van der Waals surface area contributed by atoms with Gasteiger partial charge >= 0.3 is 0 Å². The second-order valence-electron chi connectivity index (χ2n) is 5.36. The zero-order chi connectivity index (χ0) is 17.8. The van der Waals surface area contributed by atoms with Crippen LogP contribution in [-0.4, -0.2) is 32.1 Å². The van der Waals surface area contributed by atoms with Gasteiger partial charge < -0.3 is 10.1 Å². The number of benzene rings is 1. The van der Waals surface area contributed by atoms with Crippen molar-refractivity contribution in [2.24, 2.45) is 0 Å². The Morgan fingerprint density at radius 2 is 2.04 bits per heavy atom. The van der Waals surface area contributed by atoms with Crippen molar-refractivity contribution in [3.63, 3.8) is 0 Å². The first-order valence-electron chi connectivity index (χ1n) is 7.88. The van der Waals surface area contributed by atoms with Gasteiger partial charge in [-0.25, -0.2) is 9.36 Å². The number of carbonyl (C=O) groups is 1. The zero-order valence-electron chi connectivity index (χ0n) is 14.0. The van der Waals surface area contributed by atoms with Gasteiger partial charge in [-0.1, -0.05) is 13.0 Å². The number of hydrogen-bond donors (Lipinski definition) is 1. The third kappa shape index (κ3) is 3.63. The van der Waals surface area contributed by atoms with E-state index in [1.54, 1.807) is 19.2 Å². The summed E-state index contributed by atoms with van der Waals surface area (Å²) in [5.74, 6) is 1.26. The maximum absolute atomic E-state index is 12.4. The summed E-state index contributed by atoms with van der Waals surface area (Å²) in [5.41, 5.74) is 0.663. The molecule has 2 aromatic heterocycles. The highest BCUT2D eigenvalue weighted by molar-refractivity contribution is 7.71. The minimum atomic E-state index is -0.204. The quantitative estimate of drug-likeness (QED) is 0.689. The minimum absolute atomic E-state index is 0.0390. The van der Waals surface area contributed by atoms with Crippen molar-refractivity contribution in [2.45, 2.75) is 19.9 Å². The molecular weight excluding hydrogens is 338 g/mol. The van der Waals surface area contributed by atoms with Crippen molar-refractivity contribution in [3.05, 3.63) is 59.4 Å². The molecular formula is C17H19N5O2S. The number of aryl methyl sites for hydroxylation is 1. The van der Waals surface area contributed by atoms with Crippen LogP contribution in [0.2, 0.25) is 0 Å². The molecule has 7 nitrogen and oxygen atoms in total. The Kier molecular flexibility index (Phi) is 4.99. The van der Waals surface area contributed by atoms with E-state index in [1.807, 2.05) is 52.9 Å². The second-order valence-corrected chi connectivity index (χ2v) is 5.73. The molecule has 1 aromatic carbocycles. The topological polar surface area (TPSA) is 66.0 Å². The summed E-state index contributed by atoms with van der Waals surface area (Å²) in [7, 11) is 1.58. The maximum Gasteiger partial charge on any atom is 0.246 e. The number of aromatic nitrogens is 4. The van der Waals surface area contributed by atoms with Crippen LogP contribution in [0.3, 0.4) is 0 Å². The van der Waals surface area contributed by atoms with E-state index < -0.39 is 0 Å². The Bertz CT molecular complexity index is 927. The summed E-state index contributed by atoms with van der Waals surface area (Å²) in [5, 5.41) is 7.30. The lowest BCUT2D eigenvalue weighted by Gasteiger charge is -2.07. The fourth-order valence-electron chi connectivity index (χ4n) is 2.50. The van der Waals surface area contributed by atoms with Crippen molar-refractivity contribution >= 4 is 23.8 Å². The van der Waals surface area contributed by atoms with Gasteiger partial charge in [-0.15, -0.1) is 0 Å². The van der Waals surface area contributed by atoms with E-state index >= 15 is 0 Å². The molecule has 0 saturated carbocycles. The van der Waals surface area contributed by atoms with Crippen LogP contribution in [0.25, 0.3) is 0 Å². The van der Waals surface area contributed by atoms with Gasteiger partial charge in [0, 0.05) is 30.6 Å². The van der Waals surface area contributed by atoms with Crippen LogP contribution in [0.1, 0.15) is 12.7 Å². The molecule has 0 unspecified atom stereocenters. The van der Waals surface area contributed by atoms with E-state index in [9.17, 15) is 4.79 Å². The van der Waals surface area contributed by atoms with Crippen LogP contribution in [0.4, 0.5) is 5.69 Å². The molecule has 1 N–H and O–H groups in total. The second kappa shape index (κ2) is 7.35. The highest BCUT2D eigenvalue weighted by atomic mass is 32.1. The third-order valence-electron chi connectivity index (χ3n) is 3.67. The fourth-order valence-corrected chi connectivity index (χ4v) is 2.80. The highest BCUT2D eigenvalue weighted by Gasteiger charge is 2.13. The molecule has 0 aliphatic carbocycles. The number of hydrogen-bond acceptors (Lipinski definition) is 4. The Labute approximate surface area is 150 Å². The summed E-state index contributed by atoms with van der Waals surface area (Å²) >= 11 is 5.49. The molecule has 3 aromatic rings. The average Bonchev–Trinajstić information content (AvgIpc) is 3.23. The number of nitrogens with zero attached hydrogens (tertiary/aromatic N) is 4. The van der Waals surface area contributed by atoms with E-state index in [1.165, 1.54) is 4.68 Å². The third-order valence-corrected chi connectivity index (χ3v) is 4.05. The molecule has 25 heavy (non-hydrogen) atoms. The van der Waals surface area contributed by atoms with E-state index in [-0.39, 0.29) is 12.5 Å². The Hall–Kier alpha value is -2.87. The zero-order valence-corrected chi connectivity index (χ0v) is 14.9. The van der Waals surface area contributed by atoms with Crippen molar-refractivity contribution in [3.8, 4) is 5.75 Å². The van der Waals surface area contributed by atoms with Gasteiger partial charge in [0.15, 0.2) is 5.82 Å². The smallest absolute Gasteiger partial charge is 0.246 e. The normalized spacial score (nSPS) is 10.6. The number of amides is 1. The van der Waals surface area contributed by atoms with Gasteiger partial charge in [0.2, 0.25) is 10.7 Å². The standard InChI is InChI=1S/C17H19N5O2S/c1-3-15-19-21(17(25)22(15)20-9-4-5-10-20)12-16(23)18-13-7-6-8-14(11-13)24-2/h4-11H,3,12H2,1-2H3,(H,18,23). The summed E-state index contributed by atoms with van der Waals surface area (Å²) in [4.78, 5) is 12.4. The molecule has 8 heteroatoms. The summed E-state index contributed by atoms with van der Waals surface area (Å²) < 4.78 is 10.8. The molecule has 0 atom stereocenters. The Balaban J connectivity index is 1.81. The lowest BCUT2D eigenvalue weighted by Crippen LogP contribution is -2.20. The van der Waals surface area contributed by atoms with E-state index in [0.29, 0.717) is 22.6 Å². The van der Waals surface area contributed by atoms with Crippen LogP contribution in [0.5, 0.6) is 5.75 Å². The van der Waals surface area contributed by atoms with E-state index in [2.05, 4.69) is 10.4 Å². The molecule has 130 valence electrons. The molecule has 0 aliphatic rings. The molecule has 2 heterocycles. The van der Waals surface area contributed by atoms with E-state index in [0.717, 1.165) is 5.82 Å². The Morgan fingerprint density at radius 1 is 1.28 bits per heavy atom. The summed E-state index contributed by atoms with van der Waals surface area (Å²) in [6.45, 7) is 2.04. The van der Waals surface area contributed by atoms with Crippen LogP contribution >= 0.6 is 12.2 Å². The van der Waals surface area contributed by atoms with Crippen molar-refractivity contribution in [1.82, 2.24) is 19.1 Å². The van der Waals surface area contributed by atoms with Gasteiger partial charge in [-0.3, -0.25) is 9.47 Å². The Morgan fingerprint density at radius 3 is 2.72 bits per heavy atom. The van der Waals surface area contributed by atoms with Crippen molar-refractivity contribution in [2.75, 3.05) is 12.4 Å². The SMILES string of the molecule is CCc1nn(CC(=O)Nc2cccc(OC)c2)c(=S)n1-n1cccc1. The number of anilines is 1. The van der Waals surface area contributed by atoms with Gasteiger partial charge in [-0.2, -0.15) is 5.10 Å². The number of nitrogens with one attached hydrogen (secondary N) is 1. The molecule has 0 spiro atoms. The summed E-state index contributed by atoms with van der Waals surface area (Å²) in [6, 6.07) is 11.0. The fraction of sp³-hybridized carbons (Fsp3) is 0.235. The van der Waals surface area contributed by atoms with Gasteiger partial charge in [0.25, 0.3) is 0 Å². The van der Waals surface area contributed by atoms with Gasteiger partial charge in [0.1, 0.15) is 12.3 Å². The molecule has 0 aliphatic heterocycles. The summed E-state index contributed by atoms with van der Waals surface area (Å²) in [6.07, 6.45) is 4.47. The predicted molar refractivity (Wildman–Crippen MR) is 97.3 cm³/mol. The molecule has 0 fully saturated rings. The first-order chi connectivity index (χ1) is 12.1. The lowest BCUT2D eigenvalue weighted by atomic mass is 10.3. The minimum Gasteiger partial charge on any atom is -0.497 e. The molecule has 1 amide bonds. The van der Waals surface area contributed by atoms with Gasteiger partial charge in [0.05, 0.1) is 7.11 Å².